The predicted octanol–water partition coefficient (Wildman–Crippen LogP) is 6.31. The zero-order chi connectivity index (χ0) is 29.9. The molecule has 2 aliphatic rings. The van der Waals surface area contributed by atoms with Gasteiger partial charge in [-0.1, -0.05) is 91.0 Å². The second kappa shape index (κ2) is 11.5. The van der Waals surface area contributed by atoms with Crippen LogP contribution in [0.1, 0.15) is 11.1 Å². The molecular weight excluding hydrogens is 552 g/mol. The molecule has 0 radical (unpaired) electrons. The molecule has 0 fully saturated rings. The van der Waals surface area contributed by atoms with Crippen molar-refractivity contribution in [2.45, 2.75) is 0 Å². The van der Waals surface area contributed by atoms with Gasteiger partial charge in [-0.2, -0.15) is 10.0 Å². The second-order valence-corrected chi connectivity index (χ2v) is 9.90. The first-order valence-electron chi connectivity index (χ1n) is 14.0. The molecule has 7 rings (SSSR count). The Morgan fingerprint density at radius 1 is 0.409 bits per heavy atom. The SMILES string of the molecule is O=C1N(c2ccccc2)N=C(c2cccc(C3=NN(c4ccccc4)C(=O)N(c4ccccc4)N3)c2)NN1c1ccccc1. The molecule has 0 bridgehead atoms. The number of rotatable bonds is 6. The summed E-state index contributed by atoms with van der Waals surface area (Å²) in [7, 11) is 0. The van der Waals surface area contributed by atoms with Crippen LogP contribution in [0.2, 0.25) is 0 Å². The lowest BCUT2D eigenvalue weighted by molar-refractivity contribution is 0.248. The number of amides is 4. The van der Waals surface area contributed by atoms with E-state index in [1.54, 1.807) is 0 Å². The molecule has 44 heavy (non-hydrogen) atoms. The maximum absolute atomic E-state index is 13.6. The number of hydrazine groups is 2. The first kappa shape index (κ1) is 26.5. The quantitative estimate of drug-likeness (QED) is 0.247. The standard InChI is InChI=1S/C34H26N8O2/c43-33-39(27-16-5-1-6-17-27)35-31(36-40(33)28-18-7-2-8-19-28)25-14-13-15-26(24-25)32-37-41(29-20-9-3-10-21-29)34(44)42(38-32)30-22-11-4-12-23-30/h1-24H,(H,35,36)(H,37,38). The third kappa shape index (κ3) is 5.07. The number of nitrogens with one attached hydrogen (secondary N) is 2. The Morgan fingerprint density at radius 2 is 0.750 bits per heavy atom. The summed E-state index contributed by atoms with van der Waals surface area (Å²) in [5, 5.41) is 15.1. The van der Waals surface area contributed by atoms with E-state index in [0.717, 1.165) is 0 Å². The van der Waals surface area contributed by atoms with Crippen LogP contribution in [0.25, 0.3) is 0 Å². The van der Waals surface area contributed by atoms with Gasteiger partial charge in [0, 0.05) is 11.1 Å². The summed E-state index contributed by atoms with van der Waals surface area (Å²) in [6.45, 7) is 0. The normalized spacial score (nSPS) is 14.9. The number of amidine groups is 2. The summed E-state index contributed by atoms with van der Waals surface area (Å²) in [5.41, 5.74) is 10.4. The van der Waals surface area contributed by atoms with E-state index in [0.29, 0.717) is 45.5 Å². The van der Waals surface area contributed by atoms with Gasteiger partial charge in [0.1, 0.15) is 0 Å². The Kier molecular flexibility index (Phi) is 6.89. The van der Waals surface area contributed by atoms with E-state index in [-0.39, 0.29) is 12.1 Å². The number of hydrazone groups is 2. The molecule has 0 spiro atoms. The van der Waals surface area contributed by atoms with Crippen LogP contribution in [0.4, 0.5) is 32.3 Å². The van der Waals surface area contributed by atoms with Crippen molar-refractivity contribution in [3.05, 3.63) is 157 Å². The second-order valence-electron chi connectivity index (χ2n) is 9.90. The van der Waals surface area contributed by atoms with Gasteiger partial charge in [0.05, 0.1) is 22.7 Å². The third-order valence-electron chi connectivity index (χ3n) is 7.02. The van der Waals surface area contributed by atoms with Crippen LogP contribution in [0.5, 0.6) is 0 Å². The highest BCUT2D eigenvalue weighted by Crippen LogP contribution is 2.26. The average molecular weight is 579 g/mol. The zero-order valence-electron chi connectivity index (χ0n) is 23.4. The molecule has 0 aromatic heterocycles. The summed E-state index contributed by atoms with van der Waals surface area (Å²) in [4.78, 5) is 27.2. The smallest absolute Gasteiger partial charge is 0.271 e. The lowest BCUT2D eigenvalue weighted by Crippen LogP contribution is -2.57. The highest BCUT2D eigenvalue weighted by molar-refractivity contribution is 6.15. The van der Waals surface area contributed by atoms with Gasteiger partial charge >= 0.3 is 12.1 Å². The van der Waals surface area contributed by atoms with E-state index >= 15 is 0 Å². The highest BCUT2D eigenvalue weighted by atomic mass is 16.2. The number of carbonyl (C=O) groups excluding carboxylic acids is 2. The summed E-state index contributed by atoms with van der Waals surface area (Å²) < 4.78 is 0. The van der Waals surface area contributed by atoms with Crippen molar-refractivity contribution in [2.24, 2.45) is 10.2 Å². The van der Waals surface area contributed by atoms with E-state index in [4.69, 9.17) is 10.2 Å². The number of hydrogen-bond acceptors (Lipinski definition) is 6. The Balaban J connectivity index is 1.29. The van der Waals surface area contributed by atoms with E-state index in [2.05, 4.69) is 10.9 Å². The molecule has 0 atom stereocenters. The molecular formula is C34H26N8O2. The number of urea groups is 2. The fraction of sp³-hybridized carbons (Fsp3) is 0. The molecule has 214 valence electrons. The van der Waals surface area contributed by atoms with Gasteiger partial charge in [-0.25, -0.2) is 19.6 Å². The molecule has 0 saturated heterocycles. The van der Waals surface area contributed by atoms with Crippen molar-refractivity contribution in [3.63, 3.8) is 0 Å². The lowest BCUT2D eigenvalue weighted by atomic mass is 10.1. The third-order valence-corrected chi connectivity index (χ3v) is 7.02. The molecule has 2 heterocycles. The molecule has 2 N–H and O–H groups in total. The summed E-state index contributed by atoms with van der Waals surface area (Å²) in [6, 6.07) is 44.1. The molecule has 2 aliphatic heterocycles. The van der Waals surface area contributed by atoms with Crippen LogP contribution in [-0.4, -0.2) is 23.7 Å². The Hall–Kier alpha value is -6.42. The van der Waals surface area contributed by atoms with Crippen molar-refractivity contribution < 1.29 is 9.59 Å². The van der Waals surface area contributed by atoms with Crippen LogP contribution in [0.3, 0.4) is 0 Å². The summed E-state index contributed by atoms with van der Waals surface area (Å²) in [5.74, 6) is 0.901. The first-order valence-corrected chi connectivity index (χ1v) is 14.0. The molecule has 0 saturated carbocycles. The average Bonchev–Trinajstić information content (AvgIpc) is 3.10. The van der Waals surface area contributed by atoms with Crippen LogP contribution in [-0.2, 0) is 0 Å². The van der Waals surface area contributed by atoms with Gasteiger partial charge in [-0.15, -0.1) is 10.2 Å². The summed E-state index contributed by atoms with van der Waals surface area (Å²) in [6.07, 6.45) is 0. The maximum atomic E-state index is 13.6. The molecule has 0 unspecified atom stereocenters. The Labute approximate surface area is 253 Å². The number of para-hydroxylation sites is 4. The minimum atomic E-state index is -0.351. The fourth-order valence-electron chi connectivity index (χ4n) is 4.86. The number of benzene rings is 5. The number of nitrogens with zero attached hydrogens (tertiary/aromatic N) is 6. The predicted molar refractivity (Wildman–Crippen MR) is 172 cm³/mol. The summed E-state index contributed by atoms with van der Waals surface area (Å²) >= 11 is 0. The van der Waals surface area contributed by atoms with Crippen LogP contribution < -0.4 is 30.9 Å². The maximum Gasteiger partial charge on any atom is 0.368 e. The zero-order valence-corrected chi connectivity index (χ0v) is 23.4. The number of anilines is 4. The monoisotopic (exact) mass is 578 g/mol. The molecule has 4 amide bonds. The van der Waals surface area contributed by atoms with E-state index in [1.165, 1.54) is 20.0 Å². The van der Waals surface area contributed by atoms with E-state index < -0.39 is 0 Å². The topological polar surface area (TPSA) is 95.9 Å². The van der Waals surface area contributed by atoms with Gasteiger partial charge in [-0.05, 0) is 54.6 Å². The van der Waals surface area contributed by atoms with Gasteiger partial charge < -0.3 is 0 Å². The van der Waals surface area contributed by atoms with Crippen molar-refractivity contribution in [1.82, 2.24) is 10.9 Å². The molecule has 10 heteroatoms. The minimum Gasteiger partial charge on any atom is -0.271 e. The number of carbonyl (C=O) groups is 2. The van der Waals surface area contributed by atoms with Gasteiger partial charge in [0.2, 0.25) is 0 Å². The van der Waals surface area contributed by atoms with Crippen LogP contribution >= 0.6 is 0 Å². The van der Waals surface area contributed by atoms with Crippen molar-refractivity contribution in [3.8, 4) is 0 Å². The van der Waals surface area contributed by atoms with Crippen LogP contribution in [0, 0.1) is 0 Å². The van der Waals surface area contributed by atoms with Gasteiger partial charge in [-0.3, -0.25) is 10.9 Å². The van der Waals surface area contributed by atoms with Gasteiger partial charge in [0.25, 0.3) is 0 Å². The molecule has 5 aromatic rings. The van der Waals surface area contributed by atoms with Crippen molar-refractivity contribution >= 4 is 46.5 Å². The van der Waals surface area contributed by atoms with Gasteiger partial charge in [0.15, 0.2) is 11.7 Å². The van der Waals surface area contributed by atoms with Crippen molar-refractivity contribution in [1.29, 1.82) is 0 Å². The van der Waals surface area contributed by atoms with E-state index in [9.17, 15) is 9.59 Å². The molecule has 10 nitrogen and oxygen atoms in total. The Morgan fingerprint density at radius 3 is 1.11 bits per heavy atom. The van der Waals surface area contributed by atoms with Crippen molar-refractivity contribution in [2.75, 3.05) is 20.0 Å². The molecule has 0 aliphatic carbocycles. The fourth-order valence-corrected chi connectivity index (χ4v) is 4.86. The Bertz CT molecular complexity index is 1730. The van der Waals surface area contributed by atoms with E-state index in [1.807, 2.05) is 146 Å². The minimum absolute atomic E-state index is 0.351. The first-order chi connectivity index (χ1) is 21.7. The molecule has 5 aromatic carbocycles. The lowest BCUT2D eigenvalue weighted by Gasteiger charge is -2.35. The highest BCUT2D eigenvalue weighted by Gasteiger charge is 2.33. The van der Waals surface area contributed by atoms with Crippen LogP contribution in [0.15, 0.2) is 156 Å². The largest absolute Gasteiger partial charge is 0.368 e. The number of hydrogen-bond donors (Lipinski definition) is 2.